The zero-order chi connectivity index (χ0) is 26.2. The van der Waals surface area contributed by atoms with Crippen LogP contribution in [0, 0.1) is 12.3 Å². The molecule has 1 aromatic carbocycles. The smallest absolute Gasteiger partial charge is 0.354 e. The number of carbonyl (C=O) groups is 1. The Morgan fingerprint density at radius 1 is 1.19 bits per heavy atom. The van der Waals surface area contributed by atoms with Crippen LogP contribution in [0.5, 0.6) is 0 Å². The van der Waals surface area contributed by atoms with Crippen molar-refractivity contribution in [2.24, 2.45) is 10.4 Å². The van der Waals surface area contributed by atoms with Crippen LogP contribution in [0.1, 0.15) is 37.8 Å². The number of ether oxygens (including phenoxy) is 1. The van der Waals surface area contributed by atoms with E-state index < -0.39 is 16.8 Å². The molecular weight excluding hydrogens is 490 g/mol. The van der Waals surface area contributed by atoms with Crippen LogP contribution in [0.2, 0.25) is 0 Å². The van der Waals surface area contributed by atoms with Gasteiger partial charge in [0.15, 0.2) is 0 Å². The Morgan fingerprint density at radius 2 is 1.95 bits per heavy atom. The summed E-state index contributed by atoms with van der Waals surface area (Å²) in [7, 11) is 0. The molecule has 5 rings (SSSR count). The highest BCUT2D eigenvalue weighted by Crippen LogP contribution is 2.47. The van der Waals surface area contributed by atoms with E-state index in [0.29, 0.717) is 18.5 Å². The summed E-state index contributed by atoms with van der Waals surface area (Å²) in [5.74, 6) is -0.236. The van der Waals surface area contributed by atoms with E-state index in [2.05, 4.69) is 15.3 Å². The van der Waals surface area contributed by atoms with Gasteiger partial charge in [-0.3, -0.25) is 14.4 Å². The number of hydrogen-bond donors (Lipinski definition) is 1. The van der Waals surface area contributed by atoms with Gasteiger partial charge in [-0.15, -0.1) is 0 Å². The third-order valence-electron chi connectivity index (χ3n) is 6.64. The summed E-state index contributed by atoms with van der Waals surface area (Å²) in [6, 6.07) is 7.79. The lowest BCUT2D eigenvalue weighted by atomic mass is 10.1. The van der Waals surface area contributed by atoms with Gasteiger partial charge in [-0.25, -0.2) is 14.2 Å². The van der Waals surface area contributed by atoms with Gasteiger partial charge in [-0.05, 0) is 51.3 Å². The van der Waals surface area contributed by atoms with Crippen LogP contribution in [0.3, 0.4) is 0 Å². The number of esters is 1. The molecule has 1 fully saturated rings. The summed E-state index contributed by atoms with van der Waals surface area (Å²) in [5, 5.41) is 4.18. The van der Waals surface area contributed by atoms with Crippen LogP contribution in [0.4, 0.5) is 5.95 Å². The minimum absolute atomic E-state index is 0.0335. The molecule has 37 heavy (non-hydrogen) atoms. The van der Waals surface area contributed by atoms with Crippen molar-refractivity contribution < 1.29 is 9.53 Å². The average molecular weight is 520 g/mol. The highest BCUT2D eigenvalue weighted by Gasteiger charge is 2.52. The second-order valence-electron chi connectivity index (χ2n) is 9.53. The monoisotopic (exact) mass is 519 g/mol. The molecule has 1 unspecified atom stereocenters. The van der Waals surface area contributed by atoms with Crippen molar-refractivity contribution in [2.75, 3.05) is 11.9 Å². The number of fused-ring (bicyclic) bond motifs is 1. The molecule has 0 radical (unpaired) electrons. The lowest BCUT2D eigenvalue weighted by Crippen LogP contribution is -2.45. The first-order valence-corrected chi connectivity index (χ1v) is 13.1. The number of benzene rings is 1. The third-order valence-corrected chi connectivity index (χ3v) is 7.63. The van der Waals surface area contributed by atoms with Crippen molar-refractivity contribution in [3.05, 3.63) is 91.3 Å². The van der Waals surface area contributed by atoms with Crippen molar-refractivity contribution in [3.63, 3.8) is 0 Å². The molecular formula is C27H29N5O4S. The second kappa shape index (κ2) is 10.0. The normalized spacial score (nSPS) is 19.3. The molecule has 2 aromatic rings. The van der Waals surface area contributed by atoms with E-state index in [0.717, 1.165) is 25.6 Å². The fourth-order valence-electron chi connectivity index (χ4n) is 4.39. The first-order valence-electron chi connectivity index (χ1n) is 12.3. The summed E-state index contributed by atoms with van der Waals surface area (Å²) in [6.07, 6.45) is 8.87. The Kier molecular flexibility index (Phi) is 6.76. The maximum atomic E-state index is 13.7. The molecule has 0 amide bonds. The van der Waals surface area contributed by atoms with Gasteiger partial charge in [-0.2, -0.15) is 4.98 Å². The molecule has 1 N–H and O–H groups in total. The molecule has 0 spiro atoms. The van der Waals surface area contributed by atoms with E-state index in [9.17, 15) is 14.4 Å². The molecule has 1 atom stereocenters. The number of aliphatic imine (C=N–C) groups is 1. The number of aryl methyl sites for hydroxylation is 1. The molecule has 2 aliphatic carbocycles. The van der Waals surface area contributed by atoms with Crippen LogP contribution in [0.25, 0.3) is 0 Å². The van der Waals surface area contributed by atoms with Crippen LogP contribution in [-0.4, -0.2) is 37.8 Å². The van der Waals surface area contributed by atoms with E-state index in [-0.39, 0.29) is 37.7 Å². The fourth-order valence-corrected chi connectivity index (χ4v) is 5.33. The van der Waals surface area contributed by atoms with E-state index in [1.54, 1.807) is 18.7 Å². The van der Waals surface area contributed by atoms with E-state index in [1.807, 2.05) is 62.4 Å². The van der Waals surface area contributed by atoms with E-state index in [4.69, 9.17) is 4.74 Å². The molecule has 9 nitrogen and oxygen atoms in total. The Hall–Kier alpha value is -3.66. The number of aromatic nitrogens is 3. The lowest BCUT2D eigenvalue weighted by Gasteiger charge is -2.19. The van der Waals surface area contributed by atoms with Gasteiger partial charge in [0.1, 0.15) is 6.04 Å². The number of nitrogens with one attached hydrogen (secondary N) is 1. The Balaban J connectivity index is 1.53. The fraction of sp³-hybridized carbons (Fsp3) is 0.370. The van der Waals surface area contributed by atoms with Crippen molar-refractivity contribution >= 4 is 28.7 Å². The molecule has 1 aromatic heterocycles. The molecule has 192 valence electrons. The molecule has 1 saturated carbocycles. The van der Waals surface area contributed by atoms with Crippen LogP contribution < -0.4 is 16.7 Å². The zero-order valence-electron chi connectivity index (χ0n) is 21.1. The summed E-state index contributed by atoms with van der Waals surface area (Å²) >= 11 is 1.59. The van der Waals surface area contributed by atoms with Gasteiger partial charge in [0, 0.05) is 17.1 Å². The first kappa shape index (κ1) is 25.0. The molecule has 1 aliphatic heterocycles. The number of nitrogens with zero attached hydrogens (tertiary/aromatic N) is 4. The highest BCUT2D eigenvalue weighted by atomic mass is 32.2. The average Bonchev–Trinajstić information content (AvgIpc) is 3.60. The minimum Gasteiger partial charge on any atom is -0.466 e. The van der Waals surface area contributed by atoms with Gasteiger partial charge in [-0.1, -0.05) is 53.7 Å². The highest BCUT2D eigenvalue weighted by molar-refractivity contribution is 8.17. The third kappa shape index (κ3) is 5.24. The van der Waals surface area contributed by atoms with Gasteiger partial charge in [0.2, 0.25) is 5.95 Å². The van der Waals surface area contributed by atoms with Gasteiger partial charge < -0.3 is 10.1 Å². The maximum Gasteiger partial charge on any atom is 0.354 e. The predicted octanol–water partition coefficient (Wildman–Crippen LogP) is 3.39. The Morgan fingerprint density at radius 3 is 2.65 bits per heavy atom. The predicted molar refractivity (Wildman–Crippen MR) is 145 cm³/mol. The summed E-state index contributed by atoms with van der Waals surface area (Å²) in [4.78, 5) is 49.3. The molecule has 2 heterocycles. The largest absolute Gasteiger partial charge is 0.466 e. The number of rotatable bonds is 8. The number of hydrogen-bond acceptors (Lipinski definition) is 8. The minimum atomic E-state index is -0.844. The van der Waals surface area contributed by atoms with Crippen LogP contribution in [0.15, 0.2) is 73.8 Å². The number of anilines is 1. The number of thioether (sulfide) groups is 1. The molecule has 0 saturated heterocycles. The quantitative estimate of drug-likeness (QED) is 0.533. The van der Waals surface area contributed by atoms with E-state index >= 15 is 0 Å². The first-order chi connectivity index (χ1) is 17.8. The SMILES string of the molecule is CCOC(=O)C1(Cn2c(=O)nc(NC3=CC=CC4N=C(C)SC4=C3)n(Cc3ccc(C)cc3)c2=O)CC1. The summed E-state index contributed by atoms with van der Waals surface area (Å²) in [5.41, 5.74) is 0.612. The van der Waals surface area contributed by atoms with Gasteiger partial charge in [0.05, 0.1) is 23.6 Å². The van der Waals surface area contributed by atoms with Crippen LogP contribution >= 0.6 is 11.8 Å². The summed E-state index contributed by atoms with van der Waals surface area (Å²) in [6.45, 7) is 6.11. The van der Waals surface area contributed by atoms with Crippen molar-refractivity contribution in [2.45, 2.75) is 52.7 Å². The molecule has 3 aliphatic rings. The van der Waals surface area contributed by atoms with Crippen molar-refractivity contribution in [3.8, 4) is 0 Å². The molecule has 10 heteroatoms. The standard InChI is InChI=1S/C27H29N5O4S/c1-4-36-23(33)27(12-13-27)16-32-25(34)30-24(31(26(32)35)15-19-10-8-17(2)9-11-19)29-20-6-5-7-21-22(14-20)37-18(3)28-21/h5-11,14,21H,4,12-13,15-16H2,1-3H3,(H,29,30,34). The zero-order valence-corrected chi connectivity index (χ0v) is 21.9. The number of carbonyl (C=O) groups excluding carboxylic acids is 1. The number of allylic oxidation sites excluding steroid dienone is 3. The topological polar surface area (TPSA) is 108 Å². The van der Waals surface area contributed by atoms with Gasteiger partial charge >= 0.3 is 17.3 Å². The Labute approximate surface area is 218 Å². The lowest BCUT2D eigenvalue weighted by molar-refractivity contribution is -0.150. The Bertz CT molecular complexity index is 1480. The summed E-state index contributed by atoms with van der Waals surface area (Å²) < 4.78 is 7.71. The van der Waals surface area contributed by atoms with Gasteiger partial charge in [0.25, 0.3) is 0 Å². The maximum absolute atomic E-state index is 13.7. The van der Waals surface area contributed by atoms with Crippen molar-refractivity contribution in [1.82, 2.24) is 14.1 Å². The van der Waals surface area contributed by atoms with Crippen LogP contribution in [-0.2, 0) is 22.6 Å². The van der Waals surface area contributed by atoms with E-state index in [1.165, 1.54) is 4.57 Å². The second-order valence-corrected chi connectivity index (χ2v) is 10.8. The molecule has 0 bridgehead atoms. The van der Waals surface area contributed by atoms with Crippen molar-refractivity contribution in [1.29, 1.82) is 0 Å².